The molecule has 4 heteroatoms. The van der Waals surface area contributed by atoms with Gasteiger partial charge in [-0.25, -0.2) is 4.98 Å². The fraction of sp³-hybridized carbons (Fsp3) is 0.417. The Balaban J connectivity index is 0.000000606. The summed E-state index contributed by atoms with van der Waals surface area (Å²) in [7, 11) is 0. The first-order valence-corrected chi connectivity index (χ1v) is 7.27. The molecule has 1 N–H and O–H groups in total. The Hall–Kier alpha value is -0.870. The molecule has 0 unspecified atom stereocenters. The van der Waals surface area contributed by atoms with Crippen molar-refractivity contribution in [2.45, 2.75) is 33.7 Å². The molecule has 2 heterocycles. The first-order chi connectivity index (χ1) is 7.75. The van der Waals surface area contributed by atoms with Crippen LogP contribution >= 0.6 is 22.7 Å². The highest BCUT2D eigenvalue weighted by Gasteiger charge is 2.05. The molecule has 0 aliphatic rings. The minimum Gasteiger partial charge on any atom is -0.359 e. The quantitative estimate of drug-likeness (QED) is 0.857. The van der Waals surface area contributed by atoms with E-state index in [0.717, 1.165) is 10.8 Å². The molecular weight excluding hydrogens is 236 g/mol. The van der Waals surface area contributed by atoms with Crippen LogP contribution in [-0.2, 0) is 0 Å². The van der Waals surface area contributed by atoms with Gasteiger partial charge < -0.3 is 5.32 Å². The van der Waals surface area contributed by atoms with Crippen LogP contribution < -0.4 is 5.32 Å². The molecular formula is C12H18N2S2. The normalized spacial score (nSPS) is 9.81. The average molecular weight is 254 g/mol. The van der Waals surface area contributed by atoms with E-state index in [9.17, 15) is 0 Å². The van der Waals surface area contributed by atoms with Crippen molar-refractivity contribution in [3.63, 3.8) is 0 Å². The van der Waals surface area contributed by atoms with Crippen molar-refractivity contribution >= 4 is 27.8 Å². The van der Waals surface area contributed by atoms with Crippen molar-refractivity contribution in [1.82, 2.24) is 4.98 Å². The van der Waals surface area contributed by atoms with Crippen LogP contribution in [0.25, 0.3) is 10.6 Å². The highest BCUT2D eigenvalue weighted by atomic mass is 32.1. The fourth-order valence-electron chi connectivity index (χ4n) is 1.12. The molecule has 2 nitrogen and oxygen atoms in total. The Bertz CT molecular complexity index is 391. The van der Waals surface area contributed by atoms with Gasteiger partial charge in [0, 0.05) is 11.4 Å². The van der Waals surface area contributed by atoms with Crippen LogP contribution in [0.15, 0.2) is 22.9 Å². The number of thiazole rings is 1. The summed E-state index contributed by atoms with van der Waals surface area (Å²) in [6.45, 7) is 8.23. The molecule has 0 radical (unpaired) electrons. The Morgan fingerprint density at radius 3 is 2.56 bits per heavy atom. The zero-order chi connectivity index (χ0) is 12.0. The van der Waals surface area contributed by atoms with Crippen molar-refractivity contribution in [3.05, 3.63) is 22.9 Å². The number of anilines is 1. The Morgan fingerprint density at radius 2 is 2.00 bits per heavy atom. The molecule has 0 atom stereocenters. The summed E-state index contributed by atoms with van der Waals surface area (Å²) in [6, 6.07) is 4.59. The standard InChI is InChI=1S/C10H12N2S2.C2H6/c1-7(2)11-10-12-8(6-14-10)9-4-3-5-13-9;1-2/h3-7H,1-2H3,(H,11,12);1-2H3. The van der Waals surface area contributed by atoms with Crippen molar-refractivity contribution < 1.29 is 0 Å². The van der Waals surface area contributed by atoms with Gasteiger partial charge in [0.2, 0.25) is 0 Å². The van der Waals surface area contributed by atoms with E-state index >= 15 is 0 Å². The van der Waals surface area contributed by atoms with E-state index in [-0.39, 0.29) is 0 Å². The van der Waals surface area contributed by atoms with E-state index in [0.29, 0.717) is 6.04 Å². The van der Waals surface area contributed by atoms with Gasteiger partial charge in [0.15, 0.2) is 5.13 Å². The Kier molecular flexibility index (Phi) is 5.49. The number of nitrogens with zero attached hydrogens (tertiary/aromatic N) is 1. The fourth-order valence-corrected chi connectivity index (χ4v) is 2.74. The third kappa shape index (κ3) is 3.61. The minimum absolute atomic E-state index is 0.442. The van der Waals surface area contributed by atoms with Crippen LogP contribution in [0, 0.1) is 0 Å². The number of hydrogen-bond acceptors (Lipinski definition) is 4. The van der Waals surface area contributed by atoms with Crippen molar-refractivity contribution in [3.8, 4) is 10.6 Å². The number of thiophene rings is 1. The summed E-state index contributed by atoms with van der Waals surface area (Å²) in [6.07, 6.45) is 0. The van der Waals surface area contributed by atoms with Crippen LogP contribution in [0.2, 0.25) is 0 Å². The minimum atomic E-state index is 0.442. The SMILES string of the molecule is CC.CC(C)Nc1nc(-c2cccs2)cs1. The maximum absolute atomic E-state index is 4.51. The lowest BCUT2D eigenvalue weighted by Gasteiger charge is -2.04. The van der Waals surface area contributed by atoms with Crippen molar-refractivity contribution in [2.24, 2.45) is 0 Å². The Morgan fingerprint density at radius 1 is 1.25 bits per heavy atom. The number of nitrogens with one attached hydrogen (secondary N) is 1. The number of hydrogen-bond donors (Lipinski definition) is 1. The summed E-state index contributed by atoms with van der Waals surface area (Å²) < 4.78 is 0. The van der Waals surface area contributed by atoms with Gasteiger partial charge in [0.25, 0.3) is 0 Å². The second-order valence-electron chi connectivity index (χ2n) is 3.31. The molecule has 2 rings (SSSR count). The zero-order valence-electron chi connectivity index (χ0n) is 10.2. The van der Waals surface area contributed by atoms with Gasteiger partial charge >= 0.3 is 0 Å². The summed E-state index contributed by atoms with van der Waals surface area (Å²) in [4.78, 5) is 5.75. The molecule has 0 aromatic carbocycles. The summed E-state index contributed by atoms with van der Waals surface area (Å²) in [5.74, 6) is 0. The van der Waals surface area contributed by atoms with Gasteiger partial charge in [0.1, 0.15) is 0 Å². The first kappa shape index (κ1) is 13.2. The van der Waals surface area contributed by atoms with E-state index < -0.39 is 0 Å². The van der Waals surface area contributed by atoms with Gasteiger partial charge in [-0.05, 0) is 25.3 Å². The monoisotopic (exact) mass is 254 g/mol. The molecule has 0 fully saturated rings. The van der Waals surface area contributed by atoms with Gasteiger partial charge in [-0.1, -0.05) is 19.9 Å². The van der Waals surface area contributed by atoms with Gasteiger partial charge in [-0.15, -0.1) is 22.7 Å². The molecule has 0 saturated heterocycles. The topological polar surface area (TPSA) is 24.9 Å². The van der Waals surface area contributed by atoms with E-state index in [1.165, 1.54) is 4.88 Å². The van der Waals surface area contributed by atoms with E-state index in [4.69, 9.17) is 0 Å². The highest BCUT2D eigenvalue weighted by molar-refractivity contribution is 7.15. The maximum Gasteiger partial charge on any atom is 0.183 e. The van der Waals surface area contributed by atoms with Gasteiger partial charge in [-0.2, -0.15) is 0 Å². The zero-order valence-corrected chi connectivity index (χ0v) is 11.8. The molecule has 0 aliphatic carbocycles. The second-order valence-corrected chi connectivity index (χ2v) is 5.12. The van der Waals surface area contributed by atoms with E-state index in [1.807, 2.05) is 13.8 Å². The predicted molar refractivity (Wildman–Crippen MR) is 75.5 cm³/mol. The smallest absolute Gasteiger partial charge is 0.183 e. The maximum atomic E-state index is 4.51. The van der Waals surface area contributed by atoms with Crippen LogP contribution in [0.3, 0.4) is 0 Å². The molecule has 0 aliphatic heterocycles. The largest absolute Gasteiger partial charge is 0.359 e. The van der Waals surface area contributed by atoms with E-state index in [2.05, 4.69) is 47.0 Å². The van der Waals surface area contributed by atoms with Crippen LogP contribution in [0.4, 0.5) is 5.13 Å². The van der Waals surface area contributed by atoms with Crippen LogP contribution in [0.5, 0.6) is 0 Å². The van der Waals surface area contributed by atoms with Crippen LogP contribution in [0.1, 0.15) is 27.7 Å². The number of aromatic nitrogens is 1. The predicted octanol–water partition coefficient (Wildman–Crippen LogP) is 4.72. The average Bonchev–Trinajstić information content (AvgIpc) is 2.88. The van der Waals surface area contributed by atoms with Gasteiger partial charge in [-0.3, -0.25) is 0 Å². The van der Waals surface area contributed by atoms with Crippen LogP contribution in [-0.4, -0.2) is 11.0 Å². The molecule has 0 amide bonds. The van der Waals surface area contributed by atoms with Crippen molar-refractivity contribution in [2.75, 3.05) is 5.32 Å². The molecule has 0 saturated carbocycles. The molecule has 16 heavy (non-hydrogen) atoms. The molecule has 0 spiro atoms. The third-order valence-electron chi connectivity index (χ3n) is 1.69. The summed E-state index contributed by atoms with van der Waals surface area (Å²) in [5.41, 5.74) is 1.08. The molecule has 88 valence electrons. The first-order valence-electron chi connectivity index (χ1n) is 5.51. The molecule has 2 aromatic rings. The lowest BCUT2D eigenvalue weighted by atomic mass is 10.4. The van der Waals surface area contributed by atoms with E-state index in [1.54, 1.807) is 22.7 Å². The number of rotatable bonds is 3. The lowest BCUT2D eigenvalue weighted by Crippen LogP contribution is -2.08. The third-order valence-corrected chi connectivity index (χ3v) is 3.36. The highest BCUT2D eigenvalue weighted by Crippen LogP contribution is 2.28. The van der Waals surface area contributed by atoms with Crippen molar-refractivity contribution in [1.29, 1.82) is 0 Å². The summed E-state index contributed by atoms with van der Waals surface area (Å²) >= 11 is 3.39. The molecule has 2 aromatic heterocycles. The second kappa shape index (κ2) is 6.66. The summed E-state index contributed by atoms with van der Waals surface area (Å²) in [5, 5.41) is 8.47. The Labute approximate surface area is 105 Å². The molecule has 0 bridgehead atoms. The van der Waals surface area contributed by atoms with Gasteiger partial charge in [0.05, 0.1) is 10.6 Å². The lowest BCUT2D eigenvalue weighted by molar-refractivity contribution is 0.897.